The molecule has 0 bridgehead atoms. The van der Waals surface area contributed by atoms with Gasteiger partial charge in [-0.05, 0) is 28.1 Å². The van der Waals surface area contributed by atoms with Crippen LogP contribution in [0, 0.1) is 0 Å². The van der Waals surface area contributed by atoms with Crippen LogP contribution in [0.2, 0.25) is 0 Å². The van der Waals surface area contributed by atoms with Gasteiger partial charge in [-0.1, -0.05) is 6.07 Å². The molecule has 3 heteroatoms. The predicted octanol–water partition coefficient (Wildman–Crippen LogP) is 1.84. The molecule has 0 saturated carbocycles. The maximum absolute atomic E-state index is 10.2. The molecule has 0 aromatic heterocycles. The summed E-state index contributed by atoms with van der Waals surface area (Å²) in [6.07, 6.45) is 0.767. The van der Waals surface area contributed by atoms with Gasteiger partial charge < -0.3 is 5.73 Å². The third-order valence-electron chi connectivity index (χ3n) is 1.16. The number of carbonyl (C=O) groups excluding carboxylic acids is 1. The standard InChI is InChI=1S/C7H6BrNO/c8-6-2-1-5(4-10)3-7(6)9/h1-4H,9H2. The van der Waals surface area contributed by atoms with Crippen molar-refractivity contribution in [3.63, 3.8) is 0 Å². The topological polar surface area (TPSA) is 43.1 Å². The molecule has 52 valence electrons. The number of aldehydes is 1. The number of nitrogens with two attached hydrogens (primary N) is 1. The van der Waals surface area contributed by atoms with Crippen LogP contribution in [0.1, 0.15) is 10.4 Å². The summed E-state index contributed by atoms with van der Waals surface area (Å²) in [7, 11) is 0. The van der Waals surface area contributed by atoms with E-state index >= 15 is 0 Å². The first-order chi connectivity index (χ1) is 4.74. The van der Waals surface area contributed by atoms with Crippen molar-refractivity contribution in [2.24, 2.45) is 0 Å². The van der Waals surface area contributed by atoms with Crippen molar-refractivity contribution in [2.75, 3.05) is 5.73 Å². The van der Waals surface area contributed by atoms with Crippen LogP contribution in [0.5, 0.6) is 0 Å². The Morgan fingerprint density at radius 1 is 1.50 bits per heavy atom. The highest BCUT2D eigenvalue weighted by Crippen LogP contribution is 2.18. The summed E-state index contributed by atoms with van der Waals surface area (Å²) in [5.74, 6) is 0. The molecule has 0 atom stereocenters. The van der Waals surface area contributed by atoms with Crippen molar-refractivity contribution in [3.05, 3.63) is 28.2 Å². The number of rotatable bonds is 1. The molecule has 0 spiro atoms. The highest BCUT2D eigenvalue weighted by atomic mass is 79.9. The van der Waals surface area contributed by atoms with E-state index in [0.717, 1.165) is 10.8 Å². The second-order valence-corrected chi connectivity index (χ2v) is 2.75. The van der Waals surface area contributed by atoms with E-state index in [9.17, 15) is 4.79 Å². The van der Waals surface area contributed by atoms with Gasteiger partial charge in [0.25, 0.3) is 0 Å². The van der Waals surface area contributed by atoms with Gasteiger partial charge in [0.1, 0.15) is 6.29 Å². The zero-order chi connectivity index (χ0) is 7.56. The summed E-state index contributed by atoms with van der Waals surface area (Å²) in [4.78, 5) is 10.2. The third-order valence-corrected chi connectivity index (χ3v) is 1.88. The van der Waals surface area contributed by atoms with Gasteiger partial charge in [0.2, 0.25) is 0 Å². The maximum atomic E-state index is 10.2. The molecule has 2 N–H and O–H groups in total. The van der Waals surface area contributed by atoms with Gasteiger partial charge in [-0.2, -0.15) is 0 Å². The number of anilines is 1. The van der Waals surface area contributed by atoms with E-state index in [4.69, 9.17) is 5.73 Å². The Balaban J connectivity index is 3.16. The Bertz CT molecular complexity index is 260. The Morgan fingerprint density at radius 2 is 2.20 bits per heavy atom. The number of nitrogen functional groups attached to an aromatic ring is 1. The van der Waals surface area contributed by atoms with E-state index in [0.29, 0.717) is 11.3 Å². The molecule has 0 unspecified atom stereocenters. The summed E-state index contributed by atoms with van der Waals surface area (Å²) in [6, 6.07) is 5.07. The van der Waals surface area contributed by atoms with E-state index in [1.54, 1.807) is 18.2 Å². The Hall–Kier alpha value is -0.830. The monoisotopic (exact) mass is 199 g/mol. The van der Waals surface area contributed by atoms with E-state index in [1.807, 2.05) is 0 Å². The zero-order valence-corrected chi connectivity index (χ0v) is 6.76. The van der Waals surface area contributed by atoms with Gasteiger partial charge in [-0.15, -0.1) is 0 Å². The second-order valence-electron chi connectivity index (χ2n) is 1.90. The molecule has 10 heavy (non-hydrogen) atoms. The number of carbonyl (C=O) groups is 1. The first-order valence-electron chi connectivity index (χ1n) is 2.74. The lowest BCUT2D eigenvalue weighted by Gasteiger charge is -1.96. The van der Waals surface area contributed by atoms with Crippen LogP contribution in [0.3, 0.4) is 0 Å². The molecule has 1 aromatic carbocycles. The first kappa shape index (κ1) is 7.28. The fourth-order valence-electron chi connectivity index (χ4n) is 0.636. The largest absolute Gasteiger partial charge is 0.398 e. The van der Waals surface area contributed by atoms with Crippen molar-refractivity contribution in [3.8, 4) is 0 Å². The Kier molecular flexibility index (Phi) is 2.06. The van der Waals surface area contributed by atoms with Crippen LogP contribution in [-0.4, -0.2) is 6.29 Å². The molecule has 1 rings (SSSR count). The van der Waals surface area contributed by atoms with E-state index < -0.39 is 0 Å². The average Bonchev–Trinajstić information content (AvgIpc) is 1.95. The molecular weight excluding hydrogens is 194 g/mol. The van der Waals surface area contributed by atoms with Crippen LogP contribution in [0.4, 0.5) is 5.69 Å². The zero-order valence-electron chi connectivity index (χ0n) is 5.17. The van der Waals surface area contributed by atoms with E-state index in [2.05, 4.69) is 15.9 Å². The Labute approximate surface area is 67.2 Å². The highest BCUT2D eigenvalue weighted by Gasteiger charge is 1.94. The van der Waals surface area contributed by atoms with Gasteiger partial charge in [0, 0.05) is 15.7 Å². The van der Waals surface area contributed by atoms with Gasteiger partial charge in [0.15, 0.2) is 0 Å². The van der Waals surface area contributed by atoms with Gasteiger partial charge >= 0.3 is 0 Å². The van der Waals surface area contributed by atoms with Crippen molar-refractivity contribution in [2.45, 2.75) is 0 Å². The summed E-state index contributed by atoms with van der Waals surface area (Å²) < 4.78 is 0.818. The molecule has 0 heterocycles. The van der Waals surface area contributed by atoms with Crippen LogP contribution >= 0.6 is 15.9 Å². The normalized spacial score (nSPS) is 9.30. The van der Waals surface area contributed by atoms with Crippen molar-refractivity contribution in [1.82, 2.24) is 0 Å². The summed E-state index contributed by atoms with van der Waals surface area (Å²) in [6.45, 7) is 0. The van der Waals surface area contributed by atoms with Crippen molar-refractivity contribution >= 4 is 27.9 Å². The minimum Gasteiger partial charge on any atom is -0.398 e. The van der Waals surface area contributed by atoms with Gasteiger partial charge in [0.05, 0.1) is 0 Å². The molecule has 0 fully saturated rings. The minimum atomic E-state index is 0.588. The molecule has 0 radical (unpaired) electrons. The lowest BCUT2D eigenvalue weighted by Crippen LogP contribution is -1.88. The molecule has 2 nitrogen and oxygen atoms in total. The molecular formula is C7H6BrNO. The quantitative estimate of drug-likeness (QED) is 0.555. The molecule has 0 saturated heterocycles. The lowest BCUT2D eigenvalue weighted by molar-refractivity contribution is 0.112. The number of hydrogen-bond acceptors (Lipinski definition) is 2. The Morgan fingerprint density at radius 3 is 2.70 bits per heavy atom. The molecule has 0 aliphatic heterocycles. The summed E-state index contributed by atoms with van der Waals surface area (Å²) >= 11 is 3.22. The number of halogens is 1. The molecule has 1 aromatic rings. The fraction of sp³-hybridized carbons (Fsp3) is 0. The van der Waals surface area contributed by atoms with Crippen LogP contribution in [-0.2, 0) is 0 Å². The number of benzene rings is 1. The van der Waals surface area contributed by atoms with Crippen LogP contribution in [0.15, 0.2) is 22.7 Å². The fourth-order valence-corrected chi connectivity index (χ4v) is 0.882. The van der Waals surface area contributed by atoms with Crippen molar-refractivity contribution < 1.29 is 4.79 Å². The van der Waals surface area contributed by atoms with Gasteiger partial charge in [-0.3, -0.25) is 4.79 Å². The highest BCUT2D eigenvalue weighted by molar-refractivity contribution is 9.10. The van der Waals surface area contributed by atoms with Gasteiger partial charge in [-0.25, -0.2) is 0 Å². The SMILES string of the molecule is Nc1cc(C=O)ccc1Br. The minimum absolute atomic E-state index is 0.588. The smallest absolute Gasteiger partial charge is 0.150 e. The second kappa shape index (κ2) is 2.84. The number of hydrogen-bond donors (Lipinski definition) is 1. The summed E-state index contributed by atoms with van der Waals surface area (Å²) in [5, 5.41) is 0. The maximum Gasteiger partial charge on any atom is 0.150 e. The average molecular weight is 200 g/mol. The third kappa shape index (κ3) is 1.36. The molecule has 0 aliphatic carbocycles. The predicted molar refractivity (Wildman–Crippen MR) is 43.9 cm³/mol. The van der Waals surface area contributed by atoms with Crippen LogP contribution < -0.4 is 5.73 Å². The van der Waals surface area contributed by atoms with E-state index in [1.165, 1.54) is 0 Å². The lowest BCUT2D eigenvalue weighted by atomic mass is 10.2. The molecule has 0 aliphatic rings. The first-order valence-corrected chi connectivity index (χ1v) is 3.53. The van der Waals surface area contributed by atoms with E-state index in [-0.39, 0.29) is 0 Å². The van der Waals surface area contributed by atoms with Crippen LogP contribution in [0.25, 0.3) is 0 Å². The summed E-state index contributed by atoms with van der Waals surface area (Å²) in [5.41, 5.74) is 6.68. The van der Waals surface area contributed by atoms with Crippen molar-refractivity contribution in [1.29, 1.82) is 0 Å². The molecule has 0 amide bonds.